The average Bonchev–Trinajstić information content (AvgIpc) is 2.85. The van der Waals surface area contributed by atoms with Crippen molar-refractivity contribution in [1.82, 2.24) is 20.0 Å². The Morgan fingerprint density at radius 1 is 1.33 bits per heavy atom. The minimum Gasteiger partial charge on any atom is -0.310 e. The summed E-state index contributed by atoms with van der Waals surface area (Å²) in [6.07, 6.45) is 7.27. The van der Waals surface area contributed by atoms with Crippen LogP contribution >= 0.6 is 0 Å². The number of fused-ring (bicyclic) bond motifs is 2. The van der Waals surface area contributed by atoms with Gasteiger partial charge in [-0.25, -0.2) is 0 Å². The number of aryl methyl sites for hydroxylation is 2. The number of likely N-dealkylation sites (tertiary alicyclic amines) is 1. The zero-order chi connectivity index (χ0) is 12.5. The highest BCUT2D eigenvalue weighted by molar-refractivity contribution is 5.17. The van der Waals surface area contributed by atoms with E-state index in [-0.39, 0.29) is 0 Å². The van der Waals surface area contributed by atoms with Crippen molar-refractivity contribution in [1.29, 1.82) is 0 Å². The summed E-state index contributed by atoms with van der Waals surface area (Å²) in [6, 6.07) is 1.50. The van der Waals surface area contributed by atoms with Gasteiger partial charge >= 0.3 is 0 Å². The molecule has 0 aromatic carbocycles. The molecule has 1 aromatic heterocycles. The van der Waals surface area contributed by atoms with Crippen molar-refractivity contribution >= 4 is 0 Å². The molecule has 4 heteroatoms. The Labute approximate surface area is 109 Å². The van der Waals surface area contributed by atoms with E-state index in [0.29, 0.717) is 0 Å². The van der Waals surface area contributed by atoms with Crippen molar-refractivity contribution < 1.29 is 0 Å². The average molecular weight is 248 g/mol. The molecule has 2 unspecified atom stereocenters. The lowest BCUT2D eigenvalue weighted by molar-refractivity contribution is 0.250. The van der Waals surface area contributed by atoms with E-state index in [2.05, 4.69) is 28.4 Å². The van der Waals surface area contributed by atoms with Crippen molar-refractivity contribution in [2.75, 3.05) is 13.1 Å². The van der Waals surface area contributed by atoms with Crippen LogP contribution < -0.4 is 5.32 Å². The summed E-state index contributed by atoms with van der Waals surface area (Å²) in [7, 11) is 2.02. The fourth-order valence-corrected chi connectivity index (χ4v) is 3.41. The van der Waals surface area contributed by atoms with E-state index >= 15 is 0 Å². The van der Waals surface area contributed by atoms with Crippen molar-refractivity contribution in [3.05, 3.63) is 17.5 Å². The Morgan fingerprint density at radius 3 is 3.00 bits per heavy atom. The first-order valence-electron chi connectivity index (χ1n) is 7.24. The number of hydrogen-bond donors (Lipinski definition) is 1. The predicted molar refractivity (Wildman–Crippen MR) is 72.4 cm³/mol. The van der Waals surface area contributed by atoms with E-state index in [9.17, 15) is 0 Å². The van der Waals surface area contributed by atoms with Gasteiger partial charge in [0, 0.05) is 50.5 Å². The molecule has 3 heterocycles. The minimum atomic E-state index is 0.722. The van der Waals surface area contributed by atoms with Crippen LogP contribution in [-0.2, 0) is 20.0 Å². The van der Waals surface area contributed by atoms with Gasteiger partial charge in [-0.05, 0) is 25.7 Å². The molecule has 2 saturated heterocycles. The van der Waals surface area contributed by atoms with Crippen LogP contribution in [0.25, 0.3) is 0 Å². The van der Waals surface area contributed by atoms with Gasteiger partial charge in [0.1, 0.15) is 0 Å². The maximum atomic E-state index is 4.54. The maximum Gasteiger partial charge on any atom is 0.0666 e. The molecule has 3 rings (SSSR count). The summed E-state index contributed by atoms with van der Waals surface area (Å²) < 4.78 is 1.95. The highest BCUT2D eigenvalue weighted by Crippen LogP contribution is 2.22. The first-order chi connectivity index (χ1) is 8.74. The normalized spacial score (nSPS) is 28.6. The number of aromatic nitrogens is 2. The smallest absolute Gasteiger partial charge is 0.0666 e. The predicted octanol–water partition coefficient (Wildman–Crippen LogP) is 1.31. The third kappa shape index (κ3) is 2.45. The highest BCUT2D eigenvalue weighted by atomic mass is 15.3. The van der Waals surface area contributed by atoms with E-state index in [0.717, 1.165) is 25.0 Å². The Morgan fingerprint density at radius 2 is 2.17 bits per heavy atom. The molecule has 0 spiro atoms. The lowest BCUT2D eigenvalue weighted by atomic mass is 10.1. The van der Waals surface area contributed by atoms with E-state index < -0.39 is 0 Å². The monoisotopic (exact) mass is 248 g/mol. The highest BCUT2D eigenvalue weighted by Gasteiger charge is 2.29. The number of nitrogens with zero attached hydrogens (tertiary/aromatic N) is 3. The van der Waals surface area contributed by atoms with Gasteiger partial charge in [0.2, 0.25) is 0 Å². The second-order valence-electron chi connectivity index (χ2n) is 5.79. The minimum absolute atomic E-state index is 0.722. The Balaban J connectivity index is 1.68. The fourth-order valence-electron chi connectivity index (χ4n) is 3.41. The van der Waals surface area contributed by atoms with Crippen LogP contribution in [0.5, 0.6) is 0 Å². The van der Waals surface area contributed by atoms with Gasteiger partial charge in [-0.1, -0.05) is 6.92 Å². The molecule has 1 aromatic rings. The first-order valence-corrected chi connectivity index (χ1v) is 7.24. The number of rotatable bonds is 3. The molecule has 1 N–H and O–H groups in total. The third-order valence-electron chi connectivity index (χ3n) is 4.33. The van der Waals surface area contributed by atoms with Crippen LogP contribution in [0, 0.1) is 0 Å². The molecular weight excluding hydrogens is 224 g/mol. The van der Waals surface area contributed by atoms with Crippen LogP contribution in [0.15, 0.2) is 6.20 Å². The van der Waals surface area contributed by atoms with E-state index in [1.807, 2.05) is 11.7 Å². The van der Waals surface area contributed by atoms with Gasteiger partial charge in [0.15, 0.2) is 0 Å². The van der Waals surface area contributed by atoms with Crippen LogP contribution in [0.1, 0.15) is 37.4 Å². The van der Waals surface area contributed by atoms with Gasteiger partial charge in [0.05, 0.1) is 5.69 Å². The molecule has 0 radical (unpaired) electrons. The summed E-state index contributed by atoms with van der Waals surface area (Å²) in [5.41, 5.74) is 2.68. The zero-order valence-corrected chi connectivity index (χ0v) is 11.5. The third-order valence-corrected chi connectivity index (χ3v) is 4.33. The Kier molecular flexibility index (Phi) is 3.39. The quantitative estimate of drug-likeness (QED) is 0.875. The molecule has 0 amide bonds. The molecule has 2 atom stereocenters. The van der Waals surface area contributed by atoms with E-state index in [4.69, 9.17) is 0 Å². The molecule has 0 aliphatic carbocycles. The maximum absolute atomic E-state index is 4.54. The van der Waals surface area contributed by atoms with Gasteiger partial charge < -0.3 is 5.32 Å². The van der Waals surface area contributed by atoms with Crippen LogP contribution in [0.4, 0.5) is 0 Å². The van der Waals surface area contributed by atoms with Gasteiger partial charge in [-0.15, -0.1) is 0 Å². The van der Waals surface area contributed by atoms with Crippen molar-refractivity contribution in [2.45, 2.75) is 51.2 Å². The largest absolute Gasteiger partial charge is 0.310 e. The Bertz CT molecular complexity index is 412. The molecule has 2 bridgehead atoms. The standard InChI is InChI=1S/C14H24N4/c1-3-14-11(8-17(2)16-14)9-18-7-6-12-4-5-13(10-18)15-12/h8,12-13,15H,3-7,9-10H2,1-2H3. The molecule has 2 aliphatic heterocycles. The summed E-state index contributed by atoms with van der Waals surface area (Å²) >= 11 is 0. The van der Waals surface area contributed by atoms with E-state index in [1.165, 1.54) is 43.6 Å². The number of hydrogen-bond acceptors (Lipinski definition) is 3. The first kappa shape index (κ1) is 12.2. The van der Waals surface area contributed by atoms with Crippen molar-refractivity contribution in [3.8, 4) is 0 Å². The SMILES string of the molecule is CCc1nn(C)cc1CN1CCC2CCC(C1)N2. The summed E-state index contributed by atoms with van der Waals surface area (Å²) in [5.74, 6) is 0. The zero-order valence-electron chi connectivity index (χ0n) is 11.5. The van der Waals surface area contributed by atoms with Crippen molar-refractivity contribution in [3.63, 3.8) is 0 Å². The second-order valence-corrected chi connectivity index (χ2v) is 5.79. The second kappa shape index (κ2) is 5.02. The molecule has 2 aliphatic rings. The van der Waals surface area contributed by atoms with Crippen LogP contribution in [-0.4, -0.2) is 39.9 Å². The molecule has 2 fully saturated rings. The number of nitrogens with one attached hydrogen (secondary N) is 1. The fraction of sp³-hybridized carbons (Fsp3) is 0.786. The lowest BCUT2D eigenvalue weighted by Gasteiger charge is -2.23. The molecule has 0 saturated carbocycles. The van der Waals surface area contributed by atoms with Gasteiger partial charge in [-0.2, -0.15) is 5.10 Å². The summed E-state index contributed by atoms with van der Waals surface area (Å²) in [6.45, 7) is 5.69. The summed E-state index contributed by atoms with van der Waals surface area (Å²) in [4.78, 5) is 2.60. The topological polar surface area (TPSA) is 33.1 Å². The summed E-state index contributed by atoms with van der Waals surface area (Å²) in [5, 5.41) is 8.28. The van der Waals surface area contributed by atoms with Gasteiger partial charge in [0.25, 0.3) is 0 Å². The van der Waals surface area contributed by atoms with Crippen LogP contribution in [0.3, 0.4) is 0 Å². The van der Waals surface area contributed by atoms with E-state index in [1.54, 1.807) is 0 Å². The molecule has 100 valence electrons. The molecule has 18 heavy (non-hydrogen) atoms. The lowest BCUT2D eigenvalue weighted by Crippen LogP contribution is -2.35. The Hall–Kier alpha value is -0.870. The van der Waals surface area contributed by atoms with Crippen LogP contribution in [0.2, 0.25) is 0 Å². The van der Waals surface area contributed by atoms with Crippen molar-refractivity contribution in [2.24, 2.45) is 7.05 Å². The molecule has 4 nitrogen and oxygen atoms in total. The molecular formula is C14H24N4. The van der Waals surface area contributed by atoms with Gasteiger partial charge in [-0.3, -0.25) is 9.58 Å².